The molecular formula is C8H16O2. The van der Waals surface area contributed by atoms with Crippen LogP contribution in [0.1, 0.15) is 33.1 Å². The third-order valence-electron chi connectivity index (χ3n) is 1.99. The van der Waals surface area contributed by atoms with E-state index in [1.807, 2.05) is 6.92 Å². The molecule has 1 N–H and O–H groups in total. The van der Waals surface area contributed by atoms with Gasteiger partial charge in [0.15, 0.2) is 0 Å². The molecule has 0 aliphatic carbocycles. The summed E-state index contributed by atoms with van der Waals surface area (Å²) in [6.45, 7) is 4.13. The van der Waals surface area contributed by atoms with Gasteiger partial charge in [0.2, 0.25) is 0 Å². The van der Waals surface area contributed by atoms with E-state index < -0.39 is 0 Å². The molecule has 3 unspecified atom stereocenters. The molecule has 1 fully saturated rings. The third-order valence-corrected chi connectivity index (χ3v) is 1.99. The fourth-order valence-electron chi connectivity index (χ4n) is 1.18. The molecule has 1 saturated heterocycles. The van der Waals surface area contributed by atoms with Gasteiger partial charge in [-0.2, -0.15) is 0 Å². The van der Waals surface area contributed by atoms with Crippen LogP contribution >= 0.6 is 0 Å². The predicted octanol–water partition coefficient (Wildman–Crippen LogP) is 1.32. The van der Waals surface area contributed by atoms with E-state index in [9.17, 15) is 5.11 Å². The Kier molecular flexibility index (Phi) is 2.69. The van der Waals surface area contributed by atoms with Crippen molar-refractivity contribution in [2.75, 3.05) is 0 Å². The summed E-state index contributed by atoms with van der Waals surface area (Å²) in [6, 6.07) is 0. The van der Waals surface area contributed by atoms with Crippen LogP contribution in [0.25, 0.3) is 0 Å². The molecular weight excluding hydrogens is 128 g/mol. The Labute approximate surface area is 62.2 Å². The van der Waals surface area contributed by atoms with Crippen molar-refractivity contribution in [2.45, 2.75) is 51.4 Å². The minimum absolute atomic E-state index is 0.145. The monoisotopic (exact) mass is 144 g/mol. The zero-order valence-electron chi connectivity index (χ0n) is 6.71. The summed E-state index contributed by atoms with van der Waals surface area (Å²) in [5, 5.41) is 9.37. The van der Waals surface area contributed by atoms with Gasteiger partial charge >= 0.3 is 0 Å². The number of rotatable bonds is 4. The van der Waals surface area contributed by atoms with Crippen LogP contribution in [-0.2, 0) is 4.74 Å². The van der Waals surface area contributed by atoms with Crippen molar-refractivity contribution in [3.8, 4) is 0 Å². The Hall–Kier alpha value is -0.0800. The van der Waals surface area contributed by atoms with E-state index >= 15 is 0 Å². The van der Waals surface area contributed by atoms with Gasteiger partial charge in [-0.3, -0.25) is 0 Å². The topological polar surface area (TPSA) is 32.8 Å². The number of ether oxygens (including phenoxy) is 1. The molecule has 1 rings (SSSR count). The predicted molar refractivity (Wildman–Crippen MR) is 39.9 cm³/mol. The first-order valence-electron chi connectivity index (χ1n) is 4.09. The highest BCUT2D eigenvalue weighted by Crippen LogP contribution is 2.26. The van der Waals surface area contributed by atoms with Crippen molar-refractivity contribution in [1.82, 2.24) is 0 Å². The molecule has 0 aromatic carbocycles. The zero-order chi connectivity index (χ0) is 7.56. The first-order chi connectivity index (χ1) is 4.75. The van der Waals surface area contributed by atoms with E-state index in [0.29, 0.717) is 6.10 Å². The Balaban J connectivity index is 2.04. The molecule has 10 heavy (non-hydrogen) atoms. The van der Waals surface area contributed by atoms with Gasteiger partial charge in [-0.05, 0) is 13.3 Å². The normalized spacial score (nSPS) is 33.9. The van der Waals surface area contributed by atoms with E-state index in [2.05, 4.69) is 6.92 Å². The number of hydrogen-bond donors (Lipinski definition) is 1. The van der Waals surface area contributed by atoms with Crippen LogP contribution < -0.4 is 0 Å². The van der Waals surface area contributed by atoms with Gasteiger partial charge in [-0.15, -0.1) is 0 Å². The minimum atomic E-state index is -0.213. The molecule has 0 aromatic rings. The van der Waals surface area contributed by atoms with Gasteiger partial charge in [0.25, 0.3) is 0 Å². The highest BCUT2D eigenvalue weighted by molar-refractivity contribution is 4.86. The molecule has 60 valence electrons. The summed E-state index contributed by atoms with van der Waals surface area (Å²) < 4.78 is 5.13. The number of epoxide rings is 1. The van der Waals surface area contributed by atoms with Crippen LogP contribution in [0, 0.1) is 0 Å². The maximum absolute atomic E-state index is 9.37. The van der Waals surface area contributed by atoms with Gasteiger partial charge in [0.05, 0.1) is 12.2 Å². The fourth-order valence-corrected chi connectivity index (χ4v) is 1.18. The van der Waals surface area contributed by atoms with E-state index in [0.717, 1.165) is 19.3 Å². The maximum atomic E-state index is 9.37. The molecule has 3 atom stereocenters. The van der Waals surface area contributed by atoms with Crippen molar-refractivity contribution < 1.29 is 9.84 Å². The molecule has 0 amide bonds. The van der Waals surface area contributed by atoms with Crippen molar-refractivity contribution in [3.63, 3.8) is 0 Å². The number of aliphatic hydroxyl groups is 1. The Morgan fingerprint density at radius 2 is 2.20 bits per heavy atom. The molecule has 0 saturated carbocycles. The van der Waals surface area contributed by atoms with Gasteiger partial charge in [0, 0.05) is 0 Å². The highest BCUT2D eigenvalue weighted by Gasteiger charge is 2.39. The lowest BCUT2D eigenvalue weighted by atomic mass is 10.1. The lowest BCUT2D eigenvalue weighted by molar-refractivity contribution is 0.124. The van der Waals surface area contributed by atoms with Gasteiger partial charge in [-0.25, -0.2) is 0 Å². The number of unbranched alkanes of at least 4 members (excludes halogenated alkanes) is 1. The summed E-state index contributed by atoms with van der Waals surface area (Å²) in [7, 11) is 0. The minimum Gasteiger partial charge on any atom is -0.390 e. The Morgan fingerprint density at radius 1 is 1.60 bits per heavy atom. The van der Waals surface area contributed by atoms with Crippen molar-refractivity contribution in [3.05, 3.63) is 0 Å². The molecule has 2 heteroatoms. The molecule has 0 bridgehead atoms. The summed E-state index contributed by atoms with van der Waals surface area (Å²) in [5.74, 6) is 0. The maximum Gasteiger partial charge on any atom is 0.110 e. The summed E-state index contributed by atoms with van der Waals surface area (Å²) in [6.07, 6.45) is 3.38. The third kappa shape index (κ3) is 1.96. The molecule has 0 radical (unpaired) electrons. The molecule has 1 heterocycles. The SMILES string of the molecule is CCCCC(O)C1OC1C. The lowest BCUT2D eigenvalue weighted by Gasteiger charge is -2.04. The van der Waals surface area contributed by atoms with Crippen LogP contribution in [0.5, 0.6) is 0 Å². The van der Waals surface area contributed by atoms with Gasteiger partial charge in [-0.1, -0.05) is 19.8 Å². The summed E-state index contributed by atoms with van der Waals surface area (Å²) in [5.41, 5.74) is 0. The van der Waals surface area contributed by atoms with Gasteiger partial charge < -0.3 is 9.84 Å². The zero-order valence-corrected chi connectivity index (χ0v) is 6.71. The fraction of sp³-hybridized carbons (Fsp3) is 1.00. The molecule has 2 nitrogen and oxygen atoms in total. The summed E-state index contributed by atoms with van der Waals surface area (Å²) in [4.78, 5) is 0. The quantitative estimate of drug-likeness (QED) is 0.604. The smallest absolute Gasteiger partial charge is 0.110 e. The standard InChI is InChI=1S/C8H16O2/c1-3-4-5-7(9)8-6(2)10-8/h6-9H,3-5H2,1-2H3. The first kappa shape index (κ1) is 8.02. The van der Waals surface area contributed by atoms with Gasteiger partial charge in [0.1, 0.15) is 6.10 Å². The Morgan fingerprint density at radius 3 is 2.60 bits per heavy atom. The highest BCUT2D eigenvalue weighted by atomic mass is 16.6. The van der Waals surface area contributed by atoms with Crippen LogP contribution in [0.4, 0.5) is 0 Å². The van der Waals surface area contributed by atoms with E-state index in [-0.39, 0.29) is 12.2 Å². The molecule has 1 aliphatic rings. The average Bonchev–Trinajstić information content (AvgIpc) is 2.62. The van der Waals surface area contributed by atoms with Crippen LogP contribution in [-0.4, -0.2) is 23.4 Å². The number of hydrogen-bond acceptors (Lipinski definition) is 2. The van der Waals surface area contributed by atoms with E-state index in [1.165, 1.54) is 0 Å². The van der Waals surface area contributed by atoms with Crippen molar-refractivity contribution in [1.29, 1.82) is 0 Å². The number of aliphatic hydroxyl groups excluding tert-OH is 1. The first-order valence-corrected chi connectivity index (χ1v) is 4.09. The molecule has 1 aliphatic heterocycles. The second kappa shape index (κ2) is 3.35. The Bertz CT molecular complexity index is 103. The second-order valence-corrected chi connectivity index (χ2v) is 3.02. The van der Waals surface area contributed by atoms with Crippen LogP contribution in [0.2, 0.25) is 0 Å². The van der Waals surface area contributed by atoms with Crippen molar-refractivity contribution in [2.24, 2.45) is 0 Å². The lowest BCUT2D eigenvalue weighted by Crippen LogP contribution is -2.15. The second-order valence-electron chi connectivity index (χ2n) is 3.02. The molecule has 0 aromatic heterocycles. The molecule has 0 spiro atoms. The average molecular weight is 144 g/mol. The van der Waals surface area contributed by atoms with Crippen LogP contribution in [0.3, 0.4) is 0 Å². The summed E-state index contributed by atoms with van der Waals surface area (Å²) >= 11 is 0. The van der Waals surface area contributed by atoms with E-state index in [4.69, 9.17) is 4.74 Å². The largest absolute Gasteiger partial charge is 0.390 e. The van der Waals surface area contributed by atoms with Crippen LogP contribution in [0.15, 0.2) is 0 Å². The van der Waals surface area contributed by atoms with Crippen molar-refractivity contribution >= 4 is 0 Å². The van der Waals surface area contributed by atoms with E-state index in [1.54, 1.807) is 0 Å².